The number of para-hydroxylation sites is 1. The van der Waals surface area contributed by atoms with Gasteiger partial charge in [0.2, 0.25) is 0 Å². The number of hydrogen-bond acceptors (Lipinski definition) is 5. The molecule has 0 spiro atoms. The van der Waals surface area contributed by atoms with E-state index in [1.54, 1.807) is 0 Å². The Morgan fingerprint density at radius 1 is 1.11 bits per heavy atom. The van der Waals surface area contributed by atoms with Crippen LogP contribution in [0.3, 0.4) is 0 Å². The van der Waals surface area contributed by atoms with Crippen molar-refractivity contribution in [2.45, 2.75) is 6.42 Å². The molecule has 0 radical (unpaired) electrons. The lowest BCUT2D eigenvalue weighted by molar-refractivity contribution is 0.156. The van der Waals surface area contributed by atoms with Crippen LogP contribution < -0.4 is 8.61 Å². The van der Waals surface area contributed by atoms with Crippen LogP contribution in [0.25, 0.3) is 0 Å². The van der Waals surface area contributed by atoms with Crippen molar-refractivity contribution in [3.05, 3.63) is 53.8 Å². The van der Waals surface area contributed by atoms with Gasteiger partial charge in [0, 0.05) is 26.2 Å². The predicted molar refractivity (Wildman–Crippen MR) is 100 cm³/mol. The topological polar surface area (TPSA) is 87.5 Å². The van der Waals surface area contributed by atoms with Gasteiger partial charge < -0.3 is 10.0 Å². The minimum atomic E-state index is -3.92. The number of carboxylic acid groups (broad SMARTS) is 1. The summed E-state index contributed by atoms with van der Waals surface area (Å²) in [4.78, 5) is 11.9. The van der Waals surface area contributed by atoms with Crippen LogP contribution in [0.15, 0.2) is 36.4 Å². The molecular formula is C17H18F3N3O4S. The quantitative estimate of drug-likeness (QED) is 0.657. The zero-order valence-electron chi connectivity index (χ0n) is 14.7. The van der Waals surface area contributed by atoms with E-state index in [2.05, 4.69) is 0 Å². The standard InChI is InChI=1S/C17H18F3N3O4S/c1-21(17(24)25)8-3-9-22-15-5-2-4-12(19)16(15)23(28(22,26)27)14-7-6-11(18)10-13(14)20/h2,4-7,10,26-27H,3,8-9H2,1H3,(H,24,25). The molecule has 0 unspecified atom stereocenters. The Kier molecular flexibility index (Phi) is 5.33. The van der Waals surface area contributed by atoms with E-state index < -0.39 is 40.2 Å². The maximum Gasteiger partial charge on any atom is 0.407 e. The molecule has 0 saturated carbocycles. The highest BCUT2D eigenvalue weighted by Crippen LogP contribution is 2.65. The van der Waals surface area contributed by atoms with Crippen molar-refractivity contribution in [2.24, 2.45) is 0 Å². The summed E-state index contributed by atoms with van der Waals surface area (Å²) in [5.74, 6) is -2.76. The number of nitrogens with zero attached hydrogens (tertiary/aromatic N) is 3. The number of anilines is 3. The average Bonchev–Trinajstić information content (AvgIpc) is 2.83. The number of benzene rings is 2. The van der Waals surface area contributed by atoms with Crippen LogP contribution in [0.2, 0.25) is 0 Å². The van der Waals surface area contributed by atoms with Gasteiger partial charge in [-0.15, -0.1) is 0 Å². The summed E-state index contributed by atoms with van der Waals surface area (Å²) in [6.45, 7) is 0.0621. The van der Waals surface area contributed by atoms with Crippen molar-refractivity contribution < 1.29 is 32.2 Å². The summed E-state index contributed by atoms with van der Waals surface area (Å²) in [5, 5.41) is 8.90. The van der Waals surface area contributed by atoms with Gasteiger partial charge in [-0.1, -0.05) is 6.07 Å². The lowest BCUT2D eigenvalue weighted by Crippen LogP contribution is -2.34. The van der Waals surface area contributed by atoms with E-state index in [-0.39, 0.29) is 30.9 Å². The van der Waals surface area contributed by atoms with Gasteiger partial charge in [0.05, 0.1) is 5.69 Å². The van der Waals surface area contributed by atoms with Crippen molar-refractivity contribution >= 4 is 34.1 Å². The van der Waals surface area contributed by atoms with E-state index in [1.165, 1.54) is 19.2 Å². The largest absolute Gasteiger partial charge is 0.465 e. The molecule has 3 N–H and O–H groups in total. The summed E-state index contributed by atoms with van der Waals surface area (Å²) >= 11 is 0. The van der Waals surface area contributed by atoms with Crippen molar-refractivity contribution in [3.63, 3.8) is 0 Å². The molecule has 0 fully saturated rings. The highest BCUT2D eigenvalue weighted by Gasteiger charge is 2.44. The molecule has 152 valence electrons. The highest BCUT2D eigenvalue weighted by atomic mass is 32.3. The second-order valence-corrected chi connectivity index (χ2v) is 7.93. The third kappa shape index (κ3) is 3.43. The Hall–Kier alpha value is -2.63. The fraction of sp³-hybridized carbons (Fsp3) is 0.235. The molecule has 0 atom stereocenters. The van der Waals surface area contributed by atoms with Gasteiger partial charge in [-0.3, -0.25) is 13.4 Å². The zero-order valence-corrected chi connectivity index (χ0v) is 15.5. The number of halogens is 3. The molecule has 3 rings (SSSR count). The molecule has 1 aliphatic rings. The van der Waals surface area contributed by atoms with Crippen LogP contribution >= 0.6 is 11.0 Å². The number of carbonyl (C=O) groups is 1. The van der Waals surface area contributed by atoms with E-state index in [4.69, 9.17) is 5.11 Å². The predicted octanol–water partition coefficient (Wildman–Crippen LogP) is 4.64. The lowest BCUT2D eigenvalue weighted by Gasteiger charge is -2.43. The van der Waals surface area contributed by atoms with Gasteiger partial charge in [-0.25, -0.2) is 22.3 Å². The van der Waals surface area contributed by atoms with Gasteiger partial charge in [0.25, 0.3) is 0 Å². The Labute approximate surface area is 160 Å². The Bertz CT molecular complexity index is 915. The summed E-state index contributed by atoms with van der Waals surface area (Å²) < 4.78 is 65.6. The van der Waals surface area contributed by atoms with Crippen molar-refractivity contribution in [1.82, 2.24) is 4.90 Å². The highest BCUT2D eigenvalue weighted by molar-refractivity contribution is 8.27. The van der Waals surface area contributed by atoms with Crippen LogP contribution in [0.5, 0.6) is 0 Å². The SMILES string of the molecule is CN(CCCN1c2cccc(F)c2N(c2ccc(F)cc2F)S1(O)O)C(=O)O. The summed E-state index contributed by atoms with van der Waals surface area (Å²) in [5.41, 5.74) is -0.529. The molecule has 2 aromatic carbocycles. The Balaban J connectivity index is 2.00. The van der Waals surface area contributed by atoms with Gasteiger partial charge >= 0.3 is 6.09 Å². The number of rotatable bonds is 5. The fourth-order valence-electron chi connectivity index (χ4n) is 2.95. The normalized spacial score (nSPS) is 16.1. The number of hydrogen-bond donors (Lipinski definition) is 3. The van der Waals surface area contributed by atoms with Crippen molar-refractivity contribution in [1.29, 1.82) is 0 Å². The van der Waals surface area contributed by atoms with Gasteiger partial charge in [-0.2, -0.15) is 0 Å². The average molecular weight is 417 g/mol. The maximum absolute atomic E-state index is 14.6. The molecule has 11 heteroatoms. The van der Waals surface area contributed by atoms with Crippen molar-refractivity contribution in [3.8, 4) is 0 Å². The van der Waals surface area contributed by atoms with Crippen LogP contribution in [0, 0.1) is 17.5 Å². The molecule has 1 heterocycles. The van der Waals surface area contributed by atoms with Crippen molar-refractivity contribution in [2.75, 3.05) is 28.7 Å². The third-order valence-corrected chi connectivity index (χ3v) is 6.13. The second kappa shape index (κ2) is 7.41. The summed E-state index contributed by atoms with van der Waals surface area (Å²) in [7, 11) is -2.56. The summed E-state index contributed by atoms with van der Waals surface area (Å²) in [6, 6.07) is 6.38. The smallest absolute Gasteiger partial charge is 0.407 e. The van der Waals surface area contributed by atoms with E-state index in [1.807, 2.05) is 0 Å². The first-order valence-corrected chi connectivity index (χ1v) is 9.64. The van der Waals surface area contributed by atoms with Crippen LogP contribution in [-0.4, -0.2) is 45.3 Å². The third-order valence-electron chi connectivity index (χ3n) is 4.29. The molecule has 2 aromatic rings. The second-order valence-electron chi connectivity index (χ2n) is 6.15. The molecular weight excluding hydrogens is 399 g/mol. The van der Waals surface area contributed by atoms with E-state index in [0.717, 1.165) is 27.4 Å². The summed E-state index contributed by atoms with van der Waals surface area (Å²) in [6.07, 6.45) is -0.941. The van der Waals surface area contributed by atoms with E-state index in [9.17, 15) is 27.1 Å². The van der Waals surface area contributed by atoms with Crippen LogP contribution in [-0.2, 0) is 0 Å². The molecule has 1 amide bonds. The van der Waals surface area contributed by atoms with Gasteiger partial charge in [0.1, 0.15) is 17.2 Å². The van der Waals surface area contributed by atoms with Gasteiger partial charge in [0.15, 0.2) is 11.6 Å². The minimum absolute atomic E-state index is 0.0320. The molecule has 1 aliphatic heterocycles. The molecule has 28 heavy (non-hydrogen) atoms. The Morgan fingerprint density at radius 3 is 2.46 bits per heavy atom. The molecule has 0 bridgehead atoms. The van der Waals surface area contributed by atoms with Crippen LogP contribution in [0.1, 0.15) is 6.42 Å². The lowest BCUT2D eigenvalue weighted by atomic mass is 10.2. The molecule has 0 saturated heterocycles. The Morgan fingerprint density at radius 2 is 1.82 bits per heavy atom. The first kappa shape index (κ1) is 20.1. The number of amides is 1. The first-order chi connectivity index (χ1) is 13.1. The minimum Gasteiger partial charge on any atom is -0.465 e. The number of fused-ring (bicyclic) bond motifs is 1. The van der Waals surface area contributed by atoms with Gasteiger partial charge in [-0.05, 0) is 41.6 Å². The zero-order chi connectivity index (χ0) is 20.6. The van der Waals surface area contributed by atoms with E-state index in [0.29, 0.717) is 10.4 Å². The fourth-order valence-corrected chi connectivity index (χ4v) is 4.77. The maximum atomic E-state index is 14.6. The molecule has 7 nitrogen and oxygen atoms in total. The van der Waals surface area contributed by atoms with E-state index >= 15 is 0 Å². The van der Waals surface area contributed by atoms with Crippen LogP contribution in [0.4, 0.5) is 35.0 Å². The molecule has 0 aromatic heterocycles. The first-order valence-electron chi connectivity index (χ1n) is 8.18. The molecule has 0 aliphatic carbocycles. The monoisotopic (exact) mass is 417 g/mol.